The normalized spacial score (nSPS) is 11.3. The standard InChI is InChI=1S/C10H13F3N2/c1-15(6-10(12)13)5-7-2-3-8(14)4-9(7)11/h2-4,10H,5-6,14H2,1H3. The van der Waals surface area contributed by atoms with Crippen LogP contribution in [0, 0.1) is 5.82 Å². The maximum absolute atomic E-state index is 13.3. The highest BCUT2D eigenvalue weighted by Crippen LogP contribution is 2.13. The first-order chi connectivity index (χ1) is 6.99. The van der Waals surface area contributed by atoms with Crippen LogP contribution in [0.1, 0.15) is 5.56 Å². The van der Waals surface area contributed by atoms with Gasteiger partial charge in [0.25, 0.3) is 6.43 Å². The van der Waals surface area contributed by atoms with Gasteiger partial charge in [-0.1, -0.05) is 6.07 Å². The van der Waals surface area contributed by atoms with E-state index in [4.69, 9.17) is 5.73 Å². The molecule has 1 rings (SSSR count). The lowest BCUT2D eigenvalue weighted by Gasteiger charge is -2.16. The number of nitrogens with two attached hydrogens (primary N) is 1. The molecular formula is C10H13F3N2. The van der Waals surface area contributed by atoms with Gasteiger partial charge in [-0.3, -0.25) is 4.90 Å². The van der Waals surface area contributed by atoms with Crippen LogP contribution in [0.4, 0.5) is 18.9 Å². The smallest absolute Gasteiger partial charge is 0.251 e. The van der Waals surface area contributed by atoms with Gasteiger partial charge in [0.05, 0.1) is 6.54 Å². The molecule has 0 radical (unpaired) electrons. The number of benzene rings is 1. The third-order valence-corrected chi connectivity index (χ3v) is 1.97. The van der Waals surface area contributed by atoms with Gasteiger partial charge in [0, 0.05) is 17.8 Å². The molecule has 0 aliphatic rings. The average Bonchev–Trinajstić information content (AvgIpc) is 2.08. The quantitative estimate of drug-likeness (QED) is 0.784. The van der Waals surface area contributed by atoms with Crippen LogP contribution in [0.25, 0.3) is 0 Å². The fourth-order valence-electron chi connectivity index (χ4n) is 1.28. The maximum Gasteiger partial charge on any atom is 0.251 e. The van der Waals surface area contributed by atoms with Crippen molar-refractivity contribution in [2.24, 2.45) is 0 Å². The van der Waals surface area contributed by atoms with Crippen molar-refractivity contribution >= 4 is 5.69 Å². The molecule has 0 unspecified atom stereocenters. The highest BCUT2D eigenvalue weighted by Gasteiger charge is 2.10. The maximum atomic E-state index is 13.3. The molecule has 0 fully saturated rings. The largest absolute Gasteiger partial charge is 0.399 e. The molecule has 0 amide bonds. The third-order valence-electron chi connectivity index (χ3n) is 1.97. The van der Waals surface area contributed by atoms with E-state index in [0.29, 0.717) is 11.3 Å². The zero-order chi connectivity index (χ0) is 11.4. The predicted octanol–water partition coefficient (Wildman–Crippen LogP) is 2.10. The highest BCUT2D eigenvalue weighted by atomic mass is 19.3. The molecule has 0 bridgehead atoms. The fourth-order valence-corrected chi connectivity index (χ4v) is 1.28. The monoisotopic (exact) mass is 218 g/mol. The zero-order valence-corrected chi connectivity index (χ0v) is 8.38. The predicted molar refractivity (Wildman–Crippen MR) is 53.2 cm³/mol. The molecule has 5 heteroatoms. The Morgan fingerprint density at radius 1 is 1.40 bits per heavy atom. The summed E-state index contributed by atoms with van der Waals surface area (Å²) in [5.74, 6) is -0.462. The van der Waals surface area contributed by atoms with Crippen molar-refractivity contribution in [3.63, 3.8) is 0 Å². The lowest BCUT2D eigenvalue weighted by Crippen LogP contribution is -2.24. The van der Waals surface area contributed by atoms with E-state index in [0.717, 1.165) is 0 Å². The van der Waals surface area contributed by atoms with Gasteiger partial charge >= 0.3 is 0 Å². The molecular weight excluding hydrogens is 205 g/mol. The fraction of sp³-hybridized carbons (Fsp3) is 0.400. The molecule has 0 saturated carbocycles. The highest BCUT2D eigenvalue weighted by molar-refractivity contribution is 5.40. The van der Waals surface area contributed by atoms with Crippen molar-refractivity contribution in [3.05, 3.63) is 29.6 Å². The molecule has 15 heavy (non-hydrogen) atoms. The molecule has 0 saturated heterocycles. The first kappa shape index (κ1) is 11.8. The van der Waals surface area contributed by atoms with Crippen molar-refractivity contribution < 1.29 is 13.2 Å². The number of anilines is 1. The molecule has 0 aromatic heterocycles. The second kappa shape index (κ2) is 5.02. The van der Waals surface area contributed by atoms with Gasteiger partial charge in [-0.25, -0.2) is 13.2 Å². The summed E-state index contributed by atoms with van der Waals surface area (Å²) in [6, 6.07) is 4.24. The molecule has 2 N–H and O–H groups in total. The molecule has 0 aliphatic carbocycles. The third kappa shape index (κ3) is 3.79. The van der Waals surface area contributed by atoms with E-state index in [1.807, 2.05) is 0 Å². The number of hydrogen-bond acceptors (Lipinski definition) is 2. The Bertz CT molecular complexity index is 328. The number of hydrogen-bond donors (Lipinski definition) is 1. The molecule has 0 aliphatic heterocycles. The van der Waals surface area contributed by atoms with Gasteiger partial charge in [-0.2, -0.15) is 0 Å². The summed E-state index contributed by atoms with van der Waals surface area (Å²) in [6.45, 7) is -0.222. The van der Waals surface area contributed by atoms with E-state index in [9.17, 15) is 13.2 Å². The minimum absolute atomic E-state index is 0.149. The average molecular weight is 218 g/mol. The molecule has 1 aromatic rings. The summed E-state index contributed by atoms with van der Waals surface area (Å²) >= 11 is 0. The van der Waals surface area contributed by atoms with Gasteiger partial charge in [0.2, 0.25) is 0 Å². The molecule has 2 nitrogen and oxygen atoms in total. The van der Waals surface area contributed by atoms with Gasteiger partial charge in [-0.05, 0) is 19.2 Å². The van der Waals surface area contributed by atoms with Gasteiger partial charge in [0.15, 0.2) is 0 Å². The second-order valence-corrected chi connectivity index (χ2v) is 3.44. The van der Waals surface area contributed by atoms with E-state index in [-0.39, 0.29) is 13.1 Å². The summed E-state index contributed by atoms with van der Waals surface area (Å²) in [4.78, 5) is 1.36. The van der Waals surface area contributed by atoms with Crippen LogP contribution in [0.5, 0.6) is 0 Å². The van der Waals surface area contributed by atoms with Crippen LogP contribution in [0.2, 0.25) is 0 Å². The van der Waals surface area contributed by atoms with E-state index >= 15 is 0 Å². The van der Waals surface area contributed by atoms with Gasteiger partial charge in [-0.15, -0.1) is 0 Å². The number of nitrogen functional groups attached to an aromatic ring is 1. The molecule has 1 aromatic carbocycles. The van der Waals surface area contributed by atoms with Crippen LogP contribution in [-0.2, 0) is 6.54 Å². The number of halogens is 3. The lowest BCUT2D eigenvalue weighted by molar-refractivity contribution is 0.0971. The summed E-state index contributed by atoms with van der Waals surface area (Å²) < 4.78 is 37.2. The zero-order valence-electron chi connectivity index (χ0n) is 8.38. The van der Waals surface area contributed by atoms with Crippen molar-refractivity contribution in [1.29, 1.82) is 0 Å². The van der Waals surface area contributed by atoms with Crippen molar-refractivity contribution in [1.82, 2.24) is 4.90 Å². The van der Waals surface area contributed by atoms with Crippen LogP contribution in [-0.4, -0.2) is 24.9 Å². The molecule has 84 valence electrons. The lowest BCUT2D eigenvalue weighted by atomic mass is 10.2. The Morgan fingerprint density at radius 2 is 2.07 bits per heavy atom. The summed E-state index contributed by atoms with van der Waals surface area (Å²) in [5, 5.41) is 0. The minimum atomic E-state index is -2.41. The molecule has 0 heterocycles. The van der Waals surface area contributed by atoms with E-state index in [1.165, 1.54) is 24.1 Å². The van der Waals surface area contributed by atoms with Crippen LogP contribution in [0.15, 0.2) is 18.2 Å². The Balaban J connectivity index is 2.64. The number of rotatable bonds is 4. The Hall–Kier alpha value is -1.23. The number of nitrogens with zero attached hydrogens (tertiary/aromatic N) is 1. The minimum Gasteiger partial charge on any atom is -0.399 e. The Labute approximate surface area is 86.5 Å². The topological polar surface area (TPSA) is 29.3 Å². The first-order valence-electron chi connectivity index (χ1n) is 4.49. The van der Waals surface area contributed by atoms with Crippen LogP contribution >= 0.6 is 0 Å². The van der Waals surface area contributed by atoms with Crippen molar-refractivity contribution in [2.75, 3.05) is 19.3 Å². The SMILES string of the molecule is CN(Cc1ccc(N)cc1F)CC(F)F. The van der Waals surface area contributed by atoms with Crippen molar-refractivity contribution in [2.45, 2.75) is 13.0 Å². The van der Waals surface area contributed by atoms with Gasteiger partial charge < -0.3 is 5.73 Å². The summed E-state index contributed by atoms with van der Waals surface area (Å²) in [5.41, 5.74) is 6.06. The van der Waals surface area contributed by atoms with E-state index in [1.54, 1.807) is 6.07 Å². The Kier molecular flexibility index (Phi) is 3.96. The second-order valence-electron chi connectivity index (χ2n) is 3.44. The molecule has 0 atom stereocenters. The molecule has 0 spiro atoms. The van der Waals surface area contributed by atoms with Crippen molar-refractivity contribution in [3.8, 4) is 0 Å². The summed E-state index contributed by atoms with van der Waals surface area (Å²) in [6.07, 6.45) is -2.41. The van der Waals surface area contributed by atoms with Crippen LogP contribution in [0.3, 0.4) is 0 Å². The van der Waals surface area contributed by atoms with E-state index in [2.05, 4.69) is 0 Å². The van der Waals surface area contributed by atoms with Crippen LogP contribution < -0.4 is 5.73 Å². The Morgan fingerprint density at radius 3 is 2.60 bits per heavy atom. The van der Waals surface area contributed by atoms with E-state index < -0.39 is 12.2 Å². The number of alkyl halides is 2. The first-order valence-corrected chi connectivity index (χ1v) is 4.49. The summed E-state index contributed by atoms with van der Waals surface area (Å²) in [7, 11) is 1.52. The van der Waals surface area contributed by atoms with Gasteiger partial charge in [0.1, 0.15) is 5.82 Å².